The van der Waals surface area contributed by atoms with Crippen LogP contribution < -0.4 is 5.32 Å². The van der Waals surface area contributed by atoms with Crippen LogP contribution in [0.1, 0.15) is 31.2 Å². The van der Waals surface area contributed by atoms with Crippen molar-refractivity contribution in [3.05, 3.63) is 39.9 Å². The van der Waals surface area contributed by atoms with E-state index >= 15 is 0 Å². The molecule has 5 nitrogen and oxygen atoms in total. The molecule has 0 spiro atoms. The van der Waals surface area contributed by atoms with Crippen LogP contribution >= 0.6 is 0 Å². The number of benzene rings is 1. The first-order valence-corrected chi connectivity index (χ1v) is 7.32. The van der Waals surface area contributed by atoms with Crippen molar-refractivity contribution in [2.24, 2.45) is 0 Å². The van der Waals surface area contributed by atoms with E-state index in [4.69, 9.17) is 0 Å². The minimum atomic E-state index is -0.282. The Kier molecular flexibility index (Phi) is 3.72. The molecule has 3 rings (SSSR count). The molecule has 2 unspecified atom stereocenters. The molecule has 2 aliphatic rings. The fourth-order valence-corrected chi connectivity index (χ4v) is 3.61. The predicted octanol–water partition coefficient (Wildman–Crippen LogP) is 2.31. The second-order valence-corrected chi connectivity index (χ2v) is 6.06. The fourth-order valence-electron chi connectivity index (χ4n) is 3.61. The summed E-state index contributed by atoms with van der Waals surface area (Å²) in [5.74, 6) is 0. The number of nitrogens with one attached hydrogen (secondary N) is 1. The van der Waals surface area contributed by atoms with E-state index in [0.717, 1.165) is 18.4 Å². The minimum absolute atomic E-state index is 0.233. The van der Waals surface area contributed by atoms with Gasteiger partial charge in [-0.15, -0.1) is 0 Å². The van der Waals surface area contributed by atoms with Gasteiger partial charge in [0.2, 0.25) is 0 Å². The van der Waals surface area contributed by atoms with Crippen LogP contribution in [0.2, 0.25) is 0 Å². The first-order valence-electron chi connectivity index (χ1n) is 7.32. The van der Waals surface area contributed by atoms with Gasteiger partial charge in [-0.2, -0.15) is 0 Å². The summed E-state index contributed by atoms with van der Waals surface area (Å²) in [7, 11) is 2.09. The van der Waals surface area contributed by atoms with Crippen molar-refractivity contribution in [2.75, 3.05) is 7.05 Å². The zero-order valence-corrected chi connectivity index (χ0v) is 11.8. The predicted molar refractivity (Wildman–Crippen MR) is 77.5 cm³/mol. The summed E-state index contributed by atoms with van der Waals surface area (Å²) in [5, 5.41) is 14.7. The number of nitro groups is 1. The van der Waals surface area contributed by atoms with Gasteiger partial charge in [-0.25, -0.2) is 0 Å². The van der Waals surface area contributed by atoms with E-state index in [-0.39, 0.29) is 10.6 Å². The summed E-state index contributed by atoms with van der Waals surface area (Å²) in [6, 6.07) is 8.89. The highest BCUT2D eigenvalue weighted by Crippen LogP contribution is 2.30. The molecule has 20 heavy (non-hydrogen) atoms. The Morgan fingerprint density at radius 1 is 1.30 bits per heavy atom. The van der Waals surface area contributed by atoms with Crippen LogP contribution in [-0.2, 0) is 6.54 Å². The van der Waals surface area contributed by atoms with E-state index in [1.165, 1.54) is 12.8 Å². The van der Waals surface area contributed by atoms with E-state index in [9.17, 15) is 10.1 Å². The van der Waals surface area contributed by atoms with Crippen LogP contribution in [0.4, 0.5) is 5.69 Å². The van der Waals surface area contributed by atoms with Crippen molar-refractivity contribution in [1.82, 2.24) is 10.2 Å². The second kappa shape index (κ2) is 5.50. The molecule has 0 aromatic heterocycles. The number of rotatable bonds is 4. The number of nitrogens with zero attached hydrogens (tertiary/aromatic N) is 2. The van der Waals surface area contributed by atoms with Gasteiger partial charge >= 0.3 is 0 Å². The molecule has 0 amide bonds. The summed E-state index contributed by atoms with van der Waals surface area (Å²) in [4.78, 5) is 13.1. The van der Waals surface area contributed by atoms with E-state index < -0.39 is 0 Å². The van der Waals surface area contributed by atoms with Crippen LogP contribution in [0, 0.1) is 10.1 Å². The molecule has 2 aliphatic heterocycles. The van der Waals surface area contributed by atoms with Crippen LogP contribution in [0.3, 0.4) is 0 Å². The number of fused-ring (bicyclic) bond motifs is 2. The van der Waals surface area contributed by atoms with Gasteiger partial charge in [-0.1, -0.05) is 18.2 Å². The van der Waals surface area contributed by atoms with Crippen LogP contribution in [0.25, 0.3) is 0 Å². The van der Waals surface area contributed by atoms with Gasteiger partial charge in [-0.05, 0) is 32.7 Å². The van der Waals surface area contributed by atoms with Crippen molar-refractivity contribution in [2.45, 2.75) is 50.4 Å². The van der Waals surface area contributed by atoms with Gasteiger partial charge in [0.25, 0.3) is 5.69 Å². The molecule has 108 valence electrons. The standard InChI is InChI=1S/C15H21N3O2/c1-17(14-8-12-6-7-13(9-14)16-12)10-11-4-2-3-5-15(11)18(19)20/h2-5,12-14,16H,6-10H2,1H3. The molecule has 0 saturated carbocycles. The summed E-state index contributed by atoms with van der Waals surface area (Å²) in [6.45, 7) is 0.654. The van der Waals surface area contributed by atoms with Crippen molar-refractivity contribution < 1.29 is 4.92 Å². The van der Waals surface area contributed by atoms with Crippen LogP contribution in [0.5, 0.6) is 0 Å². The van der Waals surface area contributed by atoms with E-state index in [0.29, 0.717) is 24.7 Å². The molecule has 1 aromatic carbocycles. The molecule has 1 N–H and O–H groups in total. The largest absolute Gasteiger partial charge is 0.311 e. The normalized spacial score (nSPS) is 28.8. The lowest BCUT2D eigenvalue weighted by molar-refractivity contribution is -0.385. The summed E-state index contributed by atoms with van der Waals surface area (Å²) in [6.07, 6.45) is 4.88. The summed E-state index contributed by atoms with van der Waals surface area (Å²) < 4.78 is 0. The number of para-hydroxylation sites is 1. The first-order chi connectivity index (χ1) is 9.63. The van der Waals surface area contributed by atoms with Gasteiger partial charge in [-0.3, -0.25) is 15.0 Å². The maximum Gasteiger partial charge on any atom is 0.273 e. The number of hydrogen-bond acceptors (Lipinski definition) is 4. The molecule has 0 radical (unpaired) electrons. The third kappa shape index (κ3) is 2.69. The Morgan fingerprint density at radius 2 is 1.95 bits per heavy atom. The third-order valence-electron chi connectivity index (χ3n) is 4.68. The topological polar surface area (TPSA) is 58.4 Å². The lowest BCUT2D eigenvalue weighted by Gasteiger charge is -2.35. The average Bonchev–Trinajstić information content (AvgIpc) is 2.77. The average molecular weight is 275 g/mol. The van der Waals surface area contributed by atoms with Gasteiger partial charge in [0.15, 0.2) is 0 Å². The van der Waals surface area contributed by atoms with E-state index in [1.807, 2.05) is 12.1 Å². The Bertz CT molecular complexity index is 494. The van der Waals surface area contributed by atoms with Gasteiger partial charge in [0.05, 0.1) is 4.92 Å². The Morgan fingerprint density at radius 3 is 2.60 bits per heavy atom. The molecule has 2 atom stereocenters. The second-order valence-electron chi connectivity index (χ2n) is 6.06. The minimum Gasteiger partial charge on any atom is -0.311 e. The van der Waals surface area contributed by atoms with Gasteiger partial charge in [0.1, 0.15) is 0 Å². The summed E-state index contributed by atoms with van der Waals surface area (Å²) >= 11 is 0. The molecular weight excluding hydrogens is 254 g/mol. The number of piperidine rings is 1. The number of nitro benzene ring substituents is 1. The summed E-state index contributed by atoms with van der Waals surface area (Å²) in [5.41, 5.74) is 1.04. The fraction of sp³-hybridized carbons (Fsp3) is 0.600. The molecule has 2 bridgehead atoms. The molecule has 1 aromatic rings. The SMILES string of the molecule is CN(Cc1ccccc1[N+](=O)[O-])C1CC2CCC(C1)N2. The van der Waals surface area contributed by atoms with Crippen molar-refractivity contribution in [3.63, 3.8) is 0 Å². The highest BCUT2D eigenvalue weighted by Gasteiger charge is 2.35. The monoisotopic (exact) mass is 275 g/mol. The van der Waals surface area contributed by atoms with Gasteiger partial charge in [0, 0.05) is 36.3 Å². The lowest BCUT2D eigenvalue weighted by Crippen LogP contribution is -2.46. The molecule has 2 fully saturated rings. The Hall–Kier alpha value is -1.46. The van der Waals surface area contributed by atoms with Crippen molar-refractivity contribution >= 4 is 5.69 Å². The van der Waals surface area contributed by atoms with Crippen LogP contribution in [0.15, 0.2) is 24.3 Å². The third-order valence-corrected chi connectivity index (χ3v) is 4.68. The van der Waals surface area contributed by atoms with Crippen LogP contribution in [-0.4, -0.2) is 35.0 Å². The maximum absolute atomic E-state index is 11.1. The molecule has 2 heterocycles. The molecule has 5 heteroatoms. The maximum atomic E-state index is 11.1. The van der Waals surface area contributed by atoms with Gasteiger partial charge < -0.3 is 5.32 Å². The molecule has 2 saturated heterocycles. The lowest BCUT2D eigenvalue weighted by atomic mass is 9.98. The first kappa shape index (κ1) is 13.5. The quantitative estimate of drug-likeness (QED) is 0.676. The van der Waals surface area contributed by atoms with Crippen molar-refractivity contribution in [3.8, 4) is 0 Å². The smallest absolute Gasteiger partial charge is 0.273 e. The zero-order chi connectivity index (χ0) is 14.1. The molecular formula is C15H21N3O2. The Balaban J connectivity index is 1.70. The Labute approximate surface area is 119 Å². The highest BCUT2D eigenvalue weighted by atomic mass is 16.6. The zero-order valence-electron chi connectivity index (χ0n) is 11.8. The van der Waals surface area contributed by atoms with Crippen molar-refractivity contribution in [1.29, 1.82) is 0 Å². The van der Waals surface area contributed by atoms with E-state index in [1.54, 1.807) is 12.1 Å². The number of hydrogen-bond donors (Lipinski definition) is 1. The molecule has 0 aliphatic carbocycles. The van der Waals surface area contributed by atoms with E-state index in [2.05, 4.69) is 17.3 Å². The highest BCUT2D eigenvalue weighted by molar-refractivity contribution is 5.39.